The van der Waals surface area contributed by atoms with Crippen LogP contribution in [0.15, 0.2) is 194 Å². The van der Waals surface area contributed by atoms with Gasteiger partial charge in [0.1, 0.15) is 0 Å². The van der Waals surface area contributed by atoms with Gasteiger partial charge in [-0.3, -0.25) is 0 Å². The maximum atomic E-state index is 2.46. The van der Waals surface area contributed by atoms with Crippen molar-refractivity contribution in [3.05, 3.63) is 194 Å². The van der Waals surface area contributed by atoms with Crippen LogP contribution in [0.3, 0.4) is 0 Å². The maximum Gasteiger partial charge on any atom is 0.0547 e. The summed E-state index contributed by atoms with van der Waals surface area (Å²) in [6, 6.07) is 70.5. The first-order valence-corrected chi connectivity index (χ1v) is 17.2. The van der Waals surface area contributed by atoms with E-state index in [1.54, 1.807) is 0 Å². The molecule has 0 amide bonds. The van der Waals surface area contributed by atoms with Gasteiger partial charge in [-0.05, 0) is 81.2 Å². The zero-order valence-electron chi connectivity index (χ0n) is 27.4. The number of fused-ring (bicyclic) bond motifs is 7. The van der Waals surface area contributed by atoms with E-state index in [1.165, 1.54) is 70.9 Å². The summed E-state index contributed by atoms with van der Waals surface area (Å²) in [6.45, 7) is 0. The molecule has 0 atom stereocenters. The van der Waals surface area contributed by atoms with E-state index in [0.29, 0.717) is 0 Å². The molecule has 2 heteroatoms. The predicted molar refractivity (Wildman–Crippen MR) is 213 cm³/mol. The Kier molecular flexibility index (Phi) is 6.53. The monoisotopic (exact) mass is 636 g/mol. The lowest BCUT2D eigenvalue weighted by molar-refractivity contribution is 1.20. The first-order chi connectivity index (χ1) is 24.8. The highest BCUT2D eigenvalue weighted by molar-refractivity contribution is 6.22. The van der Waals surface area contributed by atoms with E-state index in [2.05, 4.69) is 204 Å². The van der Waals surface area contributed by atoms with Gasteiger partial charge in [0.25, 0.3) is 0 Å². The molecule has 0 aliphatic heterocycles. The highest BCUT2D eigenvalue weighted by Gasteiger charge is 2.20. The zero-order chi connectivity index (χ0) is 33.0. The van der Waals surface area contributed by atoms with Crippen molar-refractivity contribution in [2.24, 2.45) is 0 Å². The second-order valence-electron chi connectivity index (χ2n) is 13.0. The number of para-hydroxylation sites is 1. The summed E-state index contributed by atoms with van der Waals surface area (Å²) in [5.74, 6) is 0. The Morgan fingerprint density at radius 3 is 1.82 bits per heavy atom. The van der Waals surface area contributed by atoms with Crippen molar-refractivity contribution in [3.63, 3.8) is 0 Å². The predicted octanol–water partition coefficient (Wildman–Crippen LogP) is 13.4. The van der Waals surface area contributed by atoms with E-state index in [9.17, 15) is 0 Å². The quantitative estimate of drug-likeness (QED) is 0.182. The first-order valence-electron chi connectivity index (χ1n) is 17.2. The van der Waals surface area contributed by atoms with Gasteiger partial charge in [-0.15, -0.1) is 0 Å². The molecule has 0 aliphatic carbocycles. The molecular formula is C48H32N2. The SMILES string of the molecule is c1ccc(-c2ccc(N(c3ccc4ccccc4c3)c3cccc4c(-n5c6ccccc6c6c7ccccc7ccc65)cccc34)cc2)cc1. The number of benzene rings is 9. The van der Waals surface area contributed by atoms with E-state index in [0.717, 1.165) is 17.1 Å². The number of aromatic nitrogens is 1. The van der Waals surface area contributed by atoms with Crippen LogP contribution in [-0.2, 0) is 0 Å². The van der Waals surface area contributed by atoms with E-state index < -0.39 is 0 Å². The molecule has 1 heterocycles. The maximum absolute atomic E-state index is 2.46. The summed E-state index contributed by atoms with van der Waals surface area (Å²) >= 11 is 0. The number of hydrogen-bond acceptors (Lipinski definition) is 1. The molecule has 0 radical (unpaired) electrons. The molecule has 0 fully saturated rings. The van der Waals surface area contributed by atoms with Gasteiger partial charge in [0.05, 0.1) is 22.4 Å². The highest BCUT2D eigenvalue weighted by Crippen LogP contribution is 2.43. The molecule has 2 nitrogen and oxygen atoms in total. The highest BCUT2D eigenvalue weighted by atomic mass is 15.1. The smallest absolute Gasteiger partial charge is 0.0547 e. The summed E-state index contributed by atoms with van der Waals surface area (Å²) in [6.07, 6.45) is 0. The molecule has 234 valence electrons. The topological polar surface area (TPSA) is 8.17 Å². The van der Waals surface area contributed by atoms with Crippen molar-refractivity contribution in [1.82, 2.24) is 4.57 Å². The van der Waals surface area contributed by atoms with Crippen LogP contribution in [0, 0.1) is 0 Å². The molecule has 0 unspecified atom stereocenters. The number of nitrogens with zero attached hydrogens (tertiary/aromatic N) is 2. The minimum absolute atomic E-state index is 1.11. The van der Waals surface area contributed by atoms with Gasteiger partial charge in [0.15, 0.2) is 0 Å². The van der Waals surface area contributed by atoms with Gasteiger partial charge in [-0.25, -0.2) is 0 Å². The third-order valence-corrected chi connectivity index (χ3v) is 10.1. The van der Waals surface area contributed by atoms with Crippen LogP contribution in [0.2, 0.25) is 0 Å². The molecule has 0 saturated carbocycles. The van der Waals surface area contributed by atoms with Crippen molar-refractivity contribution < 1.29 is 0 Å². The van der Waals surface area contributed by atoms with Crippen molar-refractivity contribution in [1.29, 1.82) is 0 Å². The number of rotatable bonds is 5. The number of hydrogen-bond donors (Lipinski definition) is 0. The fraction of sp³-hybridized carbons (Fsp3) is 0. The molecule has 0 bridgehead atoms. The summed E-state index contributed by atoms with van der Waals surface area (Å²) in [7, 11) is 0. The van der Waals surface area contributed by atoms with Gasteiger partial charge < -0.3 is 9.47 Å². The third kappa shape index (κ3) is 4.50. The van der Waals surface area contributed by atoms with Gasteiger partial charge in [0, 0.05) is 32.9 Å². The van der Waals surface area contributed by atoms with E-state index in [-0.39, 0.29) is 0 Å². The fourth-order valence-electron chi connectivity index (χ4n) is 7.84. The molecule has 0 aliphatic rings. The lowest BCUT2D eigenvalue weighted by Crippen LogP contribution is -2.10. The van der Waals surface area contributed by atoms with E-state index >= 15 is 0 Å². The molecule has 0 saturated heterocycles. The fourth-order valence-corrected chi connectivity index (χ4v) is 7.84. The average Bonchev–Trinajstić information content (AvgIpc) is 3.53. The van der Waals surface area contributed by atoms with E-state index in [4.69, 9.17) is 0 Å². The van der Waals surface area contributed by atoms with Crippen molar-refractivity contribution in [2.75, 3.05) is 4.90 Å². The molecule has 10 aromatic rings. The van der Waals surface area contributed by atoms with Crippen molar-refractivity contribution >= 4 is 71.2 Å². The Labute approximate surface area is 290 Å². The Bertz CT molecular complexity index is 2860. The van der Waals surface area contributed by atoms with Crippen LogP contribution in [0.25, 0.3) is 70.9 Å². The molecule has 0 spiro atoms. The average molecular weight is 637 g/mol. The van der Waals surface area contributed by atoms with Crippen LogP contribution >= 0.6 is 0 Å². The molecule has 9 aromatic carbocycles. The summed E-state index contributed by atoms with van der Waals surface area (Å²) in [5.41, 5.74) is 9.38. The third-order valence-electron chi connectivity index (χ3n) is 10.1. The van der Waals surface area contributed by atoms with E-state index in [1.807, 2.05) is 0 Å². The van der Waals surface area contributed by atoms with Crippen LogP contribution in [-0.4, -0.2) is 4.57 Å². The van der Waals surface area contributed by atoms with Crippen molar-refractivity contribution in [2.45, 2.75) is 0 Å². The summed E-state index contributed by atoms with van der Waals surface area (Å²) < 4.78 is 2.46. The van der Waals surface area contributed by atoms with Crippen molar-refractivity contribution in [3.8, 4) is 16.8 Å². The lowest BCUT2D eigenvalue weighted by Gasteiger charge is -2.28. The van der Waals surface area contributed by atoms with Gasteiger partial charge in [0.2, 0.25) is 0 Å². The van der Waals surface area contributed by atoms with Gasteiger partial charge in [-0.1, -0.05) is 146 Å². The summed E-state index contributed by atoms with van der Waals surface area (Å²) in [5, 5.41) is 9.94. The minimum Gasteiger partial charge on any atom is -0.310 e. The lowest BCUT2D eigenvalue weighted by atomic mass is 10.0. The summed E-state index contributed by atoms with van der Waals surface area (Å²) in [4.78, 5) is 2.41. The Morgan fingerprint density at radius 2 is 0.960 bits per heavy atom. The van der Waals surface area contributed by atoms with Gasteiger partial charge >= 0.3 is 0 Å². The largest absolute Gasteiger partial charge is 0.310 e. The molecule has 10 rings (SSSR count). The Hall–Kier alpha value is -6.64. The van der Waals surface area contributed by atoms with Crippen LogP contribution in [0.1, 0.15) is 0 Å². The Balaban J connectivity index is 1.22. The molecular weight excluding hydrogens is 605 g/mol. The minimum atomic E-state index is 1.11. The molecule has 0 N–H and O–H groups in total. The zero-order valence-corrected chi connectivity index (χ0v) is 27.4. The van der Waals surface area contributed by atoms with Crippen LogP contribution < -0.4 is 4.90 Å². The second-order valence-corrected chi connectivity index (χ2v) is 13.0. The first kappa shape index (κ1) is 28.4. The standard InChI is InChI=1S/C48H32N2/c1-2-12-33(13-3-1)35-24-28-38(29-25-35)49(39-30-26-34-14-4-5-16-37(34)32-39)44-22-10-20-42-41(44)19-11-23-45(42)50-46-21-9-8-18-43(46)48-40-17-7-6-15-36(40)27-31-47(48)50/h1-32H. The Morgan fingerprint density at radius 1 is 0.340 bits per heavy atom. The molecule has 1 aromatic heterocycles. The van der Waals surface area contributed by atoms with Crippen LogP contribution in [0.5, 0.6) is 0 Å². The molecule has 50 heavy (non-hydrogen) atoms. The second kappa shape index (κ2) is 11.5. The number of anilines is 3. The normalized spacial score (nSPS) is 11.6. The van der Waals surface area contributed by atoms with Gasteiger partial charge in [-0.2, -0.15) is 0 Å². The van der Waals surface area contributed by atoms with Crippen LogP contribution in [0.4, 0.5) is 17.1 Å².